The number of carbonyl (C=O) groups is 2. The van der Waals surface area contributed by atoms with E-state index in [1.165, 1.54) is 6.92 Å². The number of anilines is 1. The van der Waals surface area contributed by atoms with E-state index < -0.39 is 5.54 Å². The summed E-state index contributed by atoms with van der Waals surface area (Å²) in [6, 6.07) is 17.7. The van der Waals surface area contributed by atoms with Crippen LogP contribution in [0, 0.1) is 0 Å². The van der Waals surface area contributed by atoms with Crippen LogP contribution in [0.15, 0.2) is 59.1 Å². The van der Waals surface area contributed by atoms with E-state index in [1.54, 1.807) is 0 Å². The van der Waals surface area contributed by atoms with E-state index in [9.17, 15) is 9.59 Å². The second-order valence-corrected chi connectivity index (χ2v) is 8.65. The summed E-state index contributed by atoms with van der Waals surface area (Å²) >= 11 is 0. The van der Waals surface area contributed by atoms with Gasteiger partial charge in [-0.15, -0.1) is 0 Å². The smallest absolute Gasteiger partial charge is 0.227 e. The largest absolute Gasteiger partial charge is 0.343 e. The molecule has 1 aromatic heterocycles. The Morgan fingerprint density at radius 1 is 0.970 bits per heavy atom. The highest BCUT2D eigenvalue weighted by Crippen LogP contribution is 2.34. The third-order valence-electron chi connectivity index (χ3n) is 6.12. The molecule has 2 amide bonds. The molecular weight excluding hydrogens is 416 g/mol. The Hall–Kier alpha value is -3.48. The highest BCUT2D eigenvalue weighted by Gasteiger charge is 2.38. The van der Waals surface area contributed by atoms with E-state index in [0.29, 0.717) is 18.1 Å². The molecule has 172 valence electrons. The van der Waals surface area contributed by atoms with Crippen molar-refractivity contribution in [2.24, 2.45) is 0 Å². The standard InChI is InChI=1S/C26H30N4O3/c1-19(31)29-26(17-9-2-3-10-18-26)25-28-24(33-30-25)16-15-23(32)27-22-14-8-7-13-21(22)20-11-5-4-6-12-20/h4-8,11-14H,2-3,9-10,15-18H2,1H3,(H,27,32)(H,29,31). The number of para-hydroxylation sites is 1. The lowest BCUT2D eigenvalue weighted by atomic mass is 9.89. The second-order valence-electron chi connectivity index (χ2n) is 8.65. The summed E-state index contributed by atoms with van der Waals surface area (Å²) in [5.41, 5.74) is 2.20. The Morgan fingerprint density at radius 2 is 1.67 bits per heavy atom. The number of hydrogen-bond donors (Lipinski definition) is 2. The SMILES string of the molecule is CC(=O)NC1(c2noc(CCC(=O)Nc3ccccc3-c3ccccc3)n2)CCCCCC1. The Balaban J connectivity index is 1.42. The van der Waals surface area contributed by atoms with Crippen LogP contribution in [0.2, 0.25) is 0 Å². The molecule has 0 aliphatic heterocycles. The number of nitrogens with zero attached hydrogens (tertiary/aromatic N) is 2. The minimum absolute atomic E-state index is 0.0975. The first-order valence-electron chi connectivity index (χ1n) is 11.6. The molecule has 0 bridgehead atoms. The van der Waals surface area contributed by atoms with Gasteiger partial charge in [-0.3, -0.25) is 9.59 Å². The fourth-order valence-corrected chi connectivity index (χ4v) is 4.52. The minimum Gasteiger partial charge on any atom is -0.343 e. The number of aryl methyl sites for hydroxylation is 1. The van der Waals surface area contributed by atoms with Crippen molar-refractivity contribution in [1.82, 2.24) is 15.5 Å². The van der Waals surface area contributed by atoms with Gasteiger partial charge in [0.05, 0.1) is 0 Å². The summed E-state index contributed by atoms with van der Waals surface area (Å²) < 4.78 is 5.47. The van der Waals surface area contributed by atoms with E-state index >= 15 is 0 Å². The van der Waals surface area contributed by atoms with Gasteiger partial charge in [0.15, 0.2) is 5.82 Å². The molecular formula is C26H30N4O3. The van der Waals surface area contributed by atoms with Gasteiger partial charge in [-0.2, -0.15) is 4.98 Å². The summed E-state index contributed by atoms with van der Waals surface area (Å²) in [6.45, 7) is 1.52. The van der Waals surface area contributed by atoms with E-state index in [0.717, 1.165) is 55.3 Å². The maximum Gasteiger partial charge on any atom is 0.227 e. The van der Waals surface area contributed by atoms with Crippen LogP contribution in [0.3, 0.4) is 0 Å². The maximum atomic E-state index is 12.7. The van der Waals surface area contributed by atoms with Gasteiger partial charge in [0, 0.05) is 31.0 Å². The van der Waals surface area contributed by atoms with Crippen molar-refractivity contribution < 1.29 is 14.1 Å². The first-order chi connectivity index (χ1) is 16.1. The molecule has 1 fully saturated rings. The van der Waals surface area contributed by atoms with Crippen LogP contribution in [-0.4, -0.2) is 22.0 Å². The number of amides is 2. The zero-order valence-electron chi connectivity index (χ0n) is 19.0. The predicted molar refractivity (Wildman–Crippen MR) is 126 cm³/mol. The minimum atomic E-state index is -0.582. The van der Waals surface area contributed by atoms with Crippen LogP contribution in [0.5, 0.6) is 0 Å². The number of carbonyl (C=O) groups excluding carboxylic acids is 2. The van der Waals surface area contributed by atoms with Gasteiger partial charge in [-0.1, -0.05) is 79.4 Å². The Bertz CT molecular complexity index is 1090. The van der Waals surface area contributed by atoms with Gasteiger partial charge < -0.3 is 15.2 Å². The predicted octanol–water partition coefficient (Wildman–Crippen LogP) is 4.99. The van der Waals surface area contributed by atoms with Crippen molar-refractivity contribution in [2.75, 3.05) is 5.32 Å². The molecule has 7 heteroatoms. The number of hydrogen-bond acceptors (Lipinski definition) is 5. The Kier molecular flexibility index (Phi) is 7.17. The molecule has 0 radical (unpaired) electrons. The van der Waals surface area contributed by atoms with Crippen molar-refractivity contribution >= 4 is 17.5 Å². The van der Waals surface area contributed by atoms with Crippen molar-refractivity contribution in [3.8, 4) is 11.1 Å². The fraction of sp³-hybridized carbons (Fsp3) is 0.385. The molecule has 1 heterocycles. The van der Waals surface area contributed by atoms with Crippen LogP contribution in [0.1, 0.15) is 63.6 Å². The summed E-state index contributed by atoms with van der Waals surface area (Å²) in [7, 11) is 0. The third kappa shape index (κ3) is 5.66. The first kappa shape index (κ1) is 22.7. The molecule has 2 N–H and O–H groups in total. The van der Waals surface area contributed by atoms with Gasteiger partial charge in [0.1, 0.15) is 5.54 Å². The van der Waals surface area contributed by atoms with Crippen LogP contribution < -0.4 is 10.6 Å². The lowest BCUT2D eigenvalue weighted by Gasteiger charge is -2.30. The fourth-order valence-electron chi connectivity index (χ4n) is 4.52. The molecule has 1 aliphatic rings. The molecule has 1 aliphatic carbocycles. The van der Waals surface area contributed by atoms with Crippen LogP contribution >= 0.6 is 0 Å². The van der Waals surface area contributed by atoms with Crippen molar-refractivity contribution in [1.29, 1.82) is 0 Å². The average Bonchev–Trinajstić information content (AvgIpc) is 3.18. The summed E-state index contributed by atoms with van der Waals surface area (Å²) in [6.07, 6.45) is 6.43. The van der Waals surface area contributed by atoms with Gasteiger partial charge in [-0.05, 0) is 24.5 Å². The molecule has 7 nitrogen and oxygen atoms in total. The third-order valence-corrected chi connectivity index (χ3v) is 6.12. The molecule has 1 saturated carbocycles. The number of benzene rings is 2. The van der Waals surface area contributed by atoms with Gasteiger partial charge in [-0.25, -0.2) is 0 Å². The van der Waals surface area contributed by atoms with Gasteiger partial charge in [0.25, 0.3) is 0 Å². The normalized spacial score (nSPS) is 15.4. The molecule has 0 atom stereocenters. The zero-order chi connectivity index (χ0) is 23.1. The number of rotatable bonds is 7. The Morgan fingerprint density at radius 3 is 2.39 bits per heavy atom. The van der Waals surface area contributed by atoms with E-state index in [-0.39, 0.29) is 18.2 Å². The molecule has 0 saturated heterocycles. The van der Waals surface area contributed by atoms with Crippen LogP contribution in [0.4, 0.5) is 5.69 Å². The lowest BCUT2D eigenvalue weighted by Crippen LogP contribution is -2.45. The number of nitrogens with one attached hydrogen (secondary N) is 2. The van der Waals surface area contributed by atoms with E-state index in [1.807, 2.05) is 54.6 Å². The molecule has 33 heavy (non-hydrogen) atoms. The number of aromatic nitrogens is 2. The quantitative estimate of drug-likeness (QED) is 0.498. The zero-order valence-corrected chi connectivity index (χ0v) is 19.0. The molecule has 0 spiro atoms. The van der Waals surface area contributed by atoms with Crippen LogP contribution in [0.25, 0.3) is 11.1 Å². The summed E-state index contributed by atoms with van der Waals surface area (Å²) in [5.74, 6) is 0.707. The summed E-state index contributed by atoms with van der Waals surface area (Å²) in [4.78, 5) is 29.1. The summed E-state index contributed by atoms with van der Waals surface area (Å²) in [5, 5.41) is 10.3. The van der Waals surface area contributed by atoms with Crippen molar-refractivity contribution in [2.45, 2.75) is 63.8 Å². The van der Waals surface area contributed by atoms with E-state index in [4.69, 9.17) is 4.52 Å². The monoisotopic (exact) mass is 446 g/mol. The van der Waals surface area contributed by atoms with Gasteiger partial charge >= 0.3 is 0 Å². The van der Waals surface area contributed by atoms with Crippen molar-refractivity contribution in [3.63, 3.8) is 0 Å². The molecule has 4 rings (SSSR count). The Labute approximate surface area is 194 Å². The molecule has 2 aromatic carbocycles. The van der Waals surface area contributed by atoms with Crippen LogP contribution in [-0.2, 0) is 21.5 Å². The highest BCUT2D eigenvalue weighted by molar-refractivity contribution is 5.95. The highest BCUT2D eigenvalue weighted by atomic mass is 16.5. The second kappa shape index (κ2) is 10.4. The molecule has 3 aromatic rings. The maximum absolute atomic E-state index is 12.7. The molecule has 0 unspecified atom stereocenters. The topological polar surface area (TPSA) is 97.1 Å². The van der Waals surface area contributed by atoms with Crippen molar-refractivity contribution in [3.05, 3.63) is 66.3 Å². The lowest BCUT2D eigenvalue weighted by molar-refractivity contribution is -0.121. The first-order valence-corrected chi connectivity index (χ1v) is 11.6. The van der Waals surface area contributed by atoms with Gasteiger partial charge in [0.2, 0.25) is 17.7 Å². The average molecular weight is 447 g/mol. The van der Waals surface area contributed by atoms with E-state index in [2.05, 4.69) is 20.8 Å².